The lowest BCUT2D eigenvalue weighted by Gasteiger charge is -2.48. The Morgan fingerprint density at radius 2 is 2.21 bits per heavy atom. The molecule has 3 rings (SSSR count). The van der Waals surface area contributed by atoms with Crippen LogP contribution in [-0.2, 0) is 0 Å². The number of anilines is 2. The van der Waals surface area contributed by atoms with Crippen molar-refractivity contribution in [1.82, 2.24) is 9.88 Å². The molecule has 5 nitrogen and oxygen atoms in total. The van der Waals surface area contributed by atoms with Crippen LogP contribution in [0.15, 0.2) is 18.2 Å². The molecule has 0 radical (unpaired) electrons. The number of nitrogens with two attached hydrogens (primary N) is 1. The lowest BCUT2D eigenvalue weighted by Crippen LogP contribution is -2.59. The van der Waals surface area contributed by atoms with Crippen molar-refractivity contribution in [3.63, 3.8) is 0 Å². The predicted octanol–water partition coefficient (Wildman–Crippen LogP) is 1.43. The number of aromatic nitrogens is 1. The van der Waals surface area contributed by atoms with Gasteiger partial charge in [-0.25, -0.2) is 10.8 Å². The molecule has 19 heavy (non-hydrogen) atoms. The number of hydrogen-bond donors (Lipinski definition) is 2. The summed E-state index contributed by atoms with van der Waals surface area (Å²) in [6.45, 7) is 5.78. The molecule has 104 valence electrons. The van der Waals surface area contributed by atoms with E-state index < -0.39 is 0 Å². The molecule has 0 aromatic carbocycles. The fraction of sp³-hybridized carbons (Fsp3) is 0.643. The Labute approximate surface area is 114 Å². The molecule has 0 amide bonds. The zero-order chi connectivity index (χ0) is 13.2. The van der Waals surface area contributed by atoms with Crippen LogP contribution in [0.3, 0.4) is 0 Å². The fourth-order valence-corrected chi connectivity index (χ4v) is 3.34. The quantitative estimate of drug-likeness (QED) is 0.623. The van der Waals surface area contributed by atoms with Crippen molar-refractivity contribution < 1.29 is 0 Å². The maximum absolute atomic E-state index is 5.45. The minimum atomic E-state index is 0.509. The van der Waals surface area contributed by atoms with Crippen LogP contribution in [0.2, 0.25) is 0 Å². The monoisotopic (exact) mass is 261 g/mol. The zero-order valence-corrected chi connectivity index (χ0v) is 11.5. The molecule has 1 aromatic rings. The van der Waals surface area contributed by atoms with E-state index in [4.69, 9.17) is 5.84 Å². The number of hydrazine groups is 1. The van der Waals surface area contributed by atoms with Crippen LogP contribution in [0.25, 0.3) is 0 Å². The van der Waals surface area contributed by atoms with E-state index in [2.05, 4.69) is 33.2 Å². The number of hydrogen-bond acceptors (Lipinski definition) is 5. The average Bonchev–Trinajstić information content (AvgIpc) is 2.46. The summed E-state index contributed by atoms with van der Waals surface area (Å²) in [6, 6.07) is 7.19. The summed E-state index contributed by atoms with van der Waals surface area (Å²) < 4.78 is 0. The van der Waals surface area contributed by atoms with Crippen LogP contribution in [0.1, 0.15) is 26.2 Å². The van der Waals surface area contributed by atoms with E-state index in [1.54, 1.807) is 0 Å². The Bertz CT molecular complexity index is 436. The van der Waals surface area contributed by atoms with Gasteiger partial charge in [0, 0.05) is 25.2 Å². The Morgan fingerprint density at radius 3 is 3.05 bits per heavy atom. The molecule has 2 fully saturated rings. The van der Waals surface area contributed by atoms with Crippen molar-refractivity contribution in [2.24, 2.45) is 5.84 Å². The van der Waals surface area contributed by atoms with Crippen molar-refractivity contribution in [3.8, 4) is 0 Å². The first-order valence-electron chi connectivity index (χ1n) is 7.22. The van der Waals surface area contributed by atoms with Gasteiger partial charge in [-0.3, -0.25) is 4.90 Å². The highest BCUT2D eigenvalue weighted by Crippen LogP contribution is 2.27. The normalized spacial score (nSPS) is 28.0. The highest BCUT2D eigenvalue weighted by molar-refractivity contribution is 5.47. The third-order valence-corrected chi connectivity index (χ3v) is 4.36. The molecule has 2 saturated heterocycles. The summed E-state index contributed by atoms with van der Waals surface area (Å²) in [5.74, 6) is 7.22. The standard InChI is InChI=1S/C14H23N5/c1-11-9-18-8-3-2-5-12(18)10-19(11)14-7-4-6-13(16-14)17-15/h4,6-7,11-12H,2-3,5,8-10,15H2,1H3,(H,16,17). The molecular weight excluding hydrogens is 238 g/mol. The van der Waals surface area contributed by atoms with Crippen LogP contribution in [0.4, 0.5) is 11.6 Å². The van der Waals surface area contributed by atoms with E-state index in [0.29, 0.717) is 12.1 Å². The van der Waals surface area contributed by atoms with Crippen LogP contribution < -0.4 is 16.2 Å². The third-order valence-electron chi connectivity index (χ3n) is 4.36. The number of nitrogen functional groups attached to an aromatic ring is 1. The van der Waals surface area contributed by atoms with Gasteiger partial charge in [-0.05, 0) is 38.4 Å². The van der Waals surface area contributed by atoms with Gasteiger partial charge in [0.2, 0.25) is 0 Å². The summed E-state index contributed by atoms with van der Waals surface area (Å²) in [4.78, 5) is 9.65. The van der Waals surface area contributed by atoms with Crippen LogP contribution in [-0.4, -0.2) is 41.6 Å². The van der Waals surface area contributed by atoms with Gasteiger partial charge in [0.1, 0.15) is 11.6 Å². The van der Waals surface area contributed by atoms with Gasteiger partial charge < -0.3 is 10.3 Å². The number of fused-ring (bicyclic) bond motifs is 1. The molecule has 2 atom stereocenters. The van der Waals surface area contributed by atoms with Crippen molar-refractivity contribution >= 4 is 11.6 Å². The van der Waals surface area contributed by atoms with E-state index in [1.807, 2.05) is 12.1 Å². The fourth-order valence-electron chi connectivity index (χ4n) is 3.34. The van der Waals surface area contributed by atoms with E-state index >= 15 is 0 Å². The molecule has 2 unspecified atom stereocenters. The van der Waals surface area contributed by atoms with Gasteiger partial charge in [-0.1, -0.05) is 12.5 Å². The number of nitrogens with zero attached hydrogens (tertiary/aromatic N) is 3. The molecule has 1 aromatic heterocycles. The van der Waals surface area contributed by atoms with E-state index in [-0.39, 0.29) is 0 Å². The van der Waals surface area contributed by atoms with Gasteiger partial charge in [0.05, 0.1) is 0 Å². The van der Waals surface area contributed by atoms with Crippen molar-refractivity contribution in [2.75, 3.05) is 30.0 Å². The summed E-state index contributed by atoms with van der Waals surface area (Å²) in [6.07, 6.45) is 4.04. The first-order chi connectivity index (χ1) is 9.28. The van der Waals surface area contributed by atoms with Gasteiger partial charge in [0.25, 0.3) is 0 Å². The van der Waals surface area contributed by atoms with Crippen LogP contribution >= 0.6 is 0 Å². The molecule has 0 aliphatic carbocycles. The van der Waals surface area contributed by atoms with Crippen LogP contribution in [0.5, 0.6) is 0 Å². The van der Waals surface area contributed by atoms with E-state index in [9.17, 15) is 0 Å². The maximum Gasteiger partial charge on any atom is 0.142 e. The van der Waals surface area contributed by atoms with Crippen molar-refractivity contribution in [3.05, 3.63) is 18.2 Å². The summed E-state index contributed by atoms with van der Waals surface area (Å²) in [5.41, 5.74) is 2.63. The Balaban J connectivity index is 1.79. The number of pyridine rings is 1. The Morgan fingerprint density at radius 1 is 1.32 bits per heavy atom. The number of piperazine rings is 1. The first kappa shape index (κ1) is 12.7. The average molecular weight is 261 g/mol. The molecule has 0 saturated carbocycles. The second-order valence-electron chi connectivity index (χ2n) is 5.67. The Kier molecular flexibility index (Phi) is 3.57. The maximum atomic E-state index is 5.45. The molecule has 0 spiro atoms. The molecule has 2 aliphatic heterocycles. The summed E-state index contributed by atoms with van der Waals surface area (Å²) >= 11 is 0. The van der Waals surface area contributed by atoms with Gasteiger partial charge in [0.15, 0.2) is 0 Å². The molecule has 3 heterocycles. The van der Waals surface area contributed by atoms with Gasteiger partial charge in [-0.15, -0.1) is 0 Å². The zero-order valence-electron chi connectivity index (χ0n) is 11.5. The number of piperidine rings is 1. The molecule has 2 aliphatic rings. The largest absolute Gasteiger partial charge is 0.351 e. The topological polar surface area (TPSA) is 57.4 Å². The highest BCUT2D eigenvalue weighted by atomic mass is 15.3. The summed E-state index contributed by atoms with van der Waals surface area (Å²) in [5, 5.41) is 0. The SMILES string of the molecule is CC1CN2CCCCC2CN1c1cccc(NN)n1. The Hall–Kier alpha value is -1.33. The van der Waals surface area contributed by atoms with Crippen molar-refractivity contribution in [1.29, 1.82) is 0 Å². The minimum Gasteiger partial charge on any atom is -0.351 e. The number of nitrogens with one attached hydrogen (secondary N) is 1. The minimum absolute atomic E-state index is 0.509. The third kappa shape index (κ3) is 2.53. The van der Waals surface area contributed by atoms with Crippen molar-refractivity contribution in [2.45, 2.75) is 38.3 Å². The van der Waals surface area contributed by atoms with Crippen LogP contribution in [0, 0.1) is 0 Å². The summed E-state index contributed by atoms with van der Waals surface area (Å²) in [7, 11) is 0. The van der Waals surface area contributed by atoms with Gasteiger partial charge >= 0.3 is 0 Å². The predicted molar refractivity (Wildman–Crippen MR) is 78.1 cm³/mol. The smallest absolute Gasteiger partial charge is 0.142 e. The van der Waals surface area contributed by atoms with E-state index in [1.165, 1.54) is 25.8 Å². The molecule has 5 heteroatoms. The second kappa shape index (κ2) is 5.35. The second-order valence-corrected chi connectivity index (χ2v) is 5.67. The molecule has 0 bridgehead atoms. The molecular formula is C14H23N5. The first-order valence-corrected chi connectivity index (χ1v) is 7.22. The number of rotatable bonds is 2. The lowest BCUT2D eigenvalue weighted by molar-refractivity contribution is 0.115. The highest BCUT2D eigenvalue weighted by Gasteiger charge is 2.33. The van der Waals surface area contributed by atoms with Gasteiger partial charge in [-0.2, -0.15) is 0 Å². The molecule has 3 N–H and O–H groups in total. The van der Waals surface area contributed by atoms with E-state index in [0.717, 1.165) is 24.7 Å². The lowest BCUT2D eigenvalue weighted by atomic mass is 9.97.